The molecular formula is C16H15FN4O2S2. The molecule has 3 rings (SSSR count). The van der Waals surface area contributed by atoms with Crippen LogP contribution in [-0.2, 0) is 11.3 Å². The van der Waals surface area contributed by atoms with Crippen molar-refractivity contribution < 1.29 is 13.6 Å². The zero-order valence-corrected chi connectivity index (χ0v) is 14.9. The first-order valence-electron chi connectivity index (χ1n) is 7.35. The average molecular weight is 378 g/mol. The van der Waals surface area contributed by atoms with Crippen LogP contribution in [-0.4, -0.2) is 33.8 Å². The number of benzene rings is 1. The third-order valence-electron chi connectivity index (χ3n) is 3.22. The molecule has 0 fully saturated rings. The molecular weight excluding hydrogens is 363 g/mol. The number of furan rings is 1. The fourth-order valence-corrected chi connectivity index (χ4v) is 3.65. The molecule has 0 saturated heterocycles. The number of nitrogens with zero attached hydrogens (tertiary/aromatic N) is 3. The minimum absolute atomic E-state index is 0.0235. The van der Waals surface area contributed by atoms with Gasteiger partial charge < -0.3 is 14.6 Å². The zero-order chi connectivity index (χ0) is 17.6. The van der Waals surface area contributed by atoms with E-state index in [1.54, 1.807) is 36.4 Å². The highest BCUT2D eigenvalue weighted by Gasteiger charge is 2.13. The van der Waals surface area contributed by atoms with E-state index in [2.05, 4.69) is 15.5 Å². The molecule has 25 heavy (non-hydrogen) atoms. The van der Waals surface area contributed by atoms with Gasteiger partial charge in [0.15, 0.2) is 4.34 Å². The lowest BCUT2D eigenvalue weighted by Gasteiger charge is -2.14. The maximum atomic E-state index is 12.9. The molecule has 0 radical (unpaired) electrons. The van der Waals surface area contributed by atoms with E-state index in [9.17, 15) is 9.18 Å². The number of rotatable bonds is 7. The van der Waals surface area contributed by atoms with Gasteiger partial charge in [0.2, 0.25) is 11.0 Å². The summed E-state index contributed by atoms with van der Waals surface area (Å²) >= 11 is 2.66. The van der Waals surface area contributed by atoms with Gasteiger partial charge in [-0.25, -0.2) is 4.39 Å². The number of hydrogen-bond acceptors (Lipinski definition) is 7. The maximum absolute atomic E-state index is 12.9. The second kappa shape index (κ2) is 8.13. The Morgan fingerprint density at radius 3 is 2.84 bits per heavy atom. The molecule has 0 atom stereocenters. The summed E-state index contributed by atoms with van der Waals surface area (Å²) in [4.78, 5) is 13.7. The minimum Gasteiger partial charge on any atom is -0.467 e. The standard InChI is InChI=1S/C16H15FN4O2S2/c1-21(9-13-3-2-8-23-13)14(22)10-24-16-20-19-15(25-16)18-12-6-4-11(17)5-7-12/h2-8H,9-10H2,1H3,(H,18,19). The Morgan fingerprint density at radius 2 is 2.12 bits per heavy atom. The molecule has 130 valence electrons. The highest BCUT2D eigenvalue weighted by Crippen LogP contribution is 2.27. The highest BCUT2D eigenvalue weighted by atomic mass is 32.2. The Balaban J connectivity index is 1.49. The quantitative estimate of drug-likeness (QED) is 0.631. The van der Waals surface area contributed by atoms with Crippen LogP contribution in [0.2, 0.25) is 0 Å². The van der Waals surface area contributed by atoms with Crippen LogP contribution in [0.1, 0.15) is 5.76 Å². The number of aromatic nitrogens is 2. The summed E-state index contributed by atoms with van der Waals surface area (Å²) in [5.41, 5.74) is 0.725. The minimum atomic E-state index is -0.295. The van der Waals surface area contributed by atoms with Crippen molar-refractivity contribution in [3.63, 3.8) is 0 Å². The summed E-state index contributed by atoms with van der Waals surface area (Å²) in [6, 6.07) is 9.60. The third kappa shape index (κ3) is 5.04. The number of thioether (sulfide) groups is 1. The summed E-state index contributed by atoms with van der Waals surface area (Å²) in [5, 5.41) is 11.7. The zero-order valence-electron chi connectivity index (χ0n) is 13.3. The van der Waals surface area contributed by atoms with Crippen molar-refractivity contribution in [1.82, 2.24) is 15.1 Å². The lowest BCUT2D eigenvalue weighted by atomic mass is 10.3. The molecule has 9 heteroatoms. The molecule has 1 amide bonds. The van der Waals surface area contributed by atoms with Crippen molar-refractivity contribution in [1.29, 1.82) is 0 Å². The smallest absolute Gasteiger partial charge is 0.233 e. The number of hydrogen-bond donors (Lipinski definition) is 1. The lowest BCUT2D eigenvalue weighted by Crippen LogP contribution is -2.27. The maximum Gasteiger partial charge on any atom is 0.233 e. The summed E-state index contributed by atoms with van der Waals surface area (Å²) in [5.74, 6) is 0.686. The van der Waals surface area contributed by atoms with Gasteiger partial charge in [-0.3, -0.25) is 4.79 Å². The Morgan fingerprint density at radius 1 is 1.32 bits per heavy atom. The Kier molecular flexibility index (Phi) is 5.67. The van der Waals surface area contributed by atoms with Crippen molar-refractivity contribution in [3.05, 3.63) is 54.2 Å². The number of carbonyl (C=O) groups excluding carboxylic acids is 1. The van der Waals surface area contributed by atoms with Crippen LogP contribution < -0.4 is 5.32 Å². The topological polar surface area (TPSA) is 71.3 Å². The van der Waals surface area contributed by atoms with Crippen LogP contribution in [0.5, 0.6) is 0 Å². The van der Waals surface area contributed by atoms with Crippen LogP contribution in [0, 0.1) is 5.82 Å². The van der Waals surface area contributed by atoms with Crippen molar-refractivity contribution in [2.75, 3.05) is 18.1 Å². The summed E-state index contributed by atoms with van der Waals surface area (Å²) in [6.07, 6.45) is 1.58. The number of nitrogens with one attached hydrogen (secondary N) is 1. The first kappa shape index (κ1) is 17.4. The number of halogens is 1. The van der Waals surface area contributed by atoms with Crippen LogP contribution in [0.15, 0.2) is 51.4 Å². The molecule has 0 saturated carbocycles. The largest absolute Gasteiger partial charge is 0.467 e. The summed E-state index contributed by atoms with van der Waals surface area (Å²) in [7, 11) is 1.73. The van der Waals surface area contributed by atoms with E-state index < -0.39 is 0 Å². The van der Waals surface area contributed by atoms with Crippen LogP contribution in [0.3, 0.4) is 0 Å². The van der Waals surface area contributed by atoms with Gasteiger partial charge in [0.1, 0.15) is 11.6 Å². The monoisotopic (exact) mass is 378 g/mol. The number of anilines is 2. The Bertz CT molecular complexity index is 821. The van der Waals surface area contributed by atoms with Crippen molar-refractivity contribution >= 4 is 39.8 Å². The fraction of sp³-hybridized carbons (Fsp3) is 0.188. The number of carbonyl (C=O) groups is 1. The molecule has 0 aliphatic rings. The van der Waals surface area contributed by atoms with E-state index in [-0.39, 0.29) is 17.5 Å². The van der Waals surface area contributed by atoms with Crippen molar-refractivity contribution in [2.45, 2.75) is 10.9 Å². The van der Waals surface area contributed by atoms with Gasteiger partial charge >= 0.3 is 0 Å². The van der Waals surface area contributed by atoms with E-state index in [1.165, 1.54) is 35.2 Å². The summed E-state index contributed by atoms with van der Waals surface area (Å²) < 4.78 is 18.8. The summed E-state index contributed by atoms with van der Waals surface area (Å²) in [6.45, 7) is 0.430. The molecule has 2 heterocycles. The van der Waals surface area contributed by atoms with Crippen LogP contribution in [0.4, 0.5) is 15.2 Å². The molecule has 0 bridgehead atoms. The molecule has 3 aromatic rings. The van der Waals surface area contributed by atoms with E-state index in [4.69, 9.17) is 4.42 Å². The van der Waals surface area contributed by atoms with Gasteiger partial charge in [0, 0.05) is 12.7 Å². The highest BCUT2D eigenvalue weighted by molar-refractivity contribution is 8.01. The van der Waals surface area contributed by atoms with Gasteiger partial charge in [0.25, 0.3) is 0 Å². The second-order valence-electron chi connectivity index (χ2n) is 5.12. The lowest BCUT2D eigenvalue weighted by molar-refractivity contribution is -0.127. The van der Waals surface area contributed by atoms with E-state index in [1.807, 2.05) is 6.07 Å². The second-order valence-corrected chi connectivity index (χ2v) is 7.32. The predicted octanol–water partition coefficient (Wildman–Crippen LogP) is 3.76. The third-order valence-corrected chi connectivity index (χ3v) is 5.18. The van der Waals surface area contributed by atoms with Gasteiger partial charge in [-0.1, -0.05) is 23.1 Å². The van der Waals surface area contributed by atoms with Gasteiger partial charge in [-0.05, 0) is 36.4 Å². The first-order valence-corrected chi connectivity index (χ1v) is 9.15. The van der Waals surface area contributed by atoms with Gasteiger partial charge in [0.05, 0.1) is 18.6 Å². The Hall–Kier alpha value is -2.39. The fourth-order valence-electron chi connectivity index (χ4n) is 1.93. The molecule has 0 spiro atoms. The first-order chi connectivity index (χ1) is 12.1. The van der Waals surface area contributed by atoms with E-state index in [0.29, 0.717) is 16.0 Å². The van der Waals surface area contributed by atoms with E-state index >= 15 is 0 Å². The molecule has 2 aromatic heterocycles. The Labute approximate surface area is 152 Å². The molecule has 6 nitrogen and oxygen atoms in total. The molecule has 0 aliphatic heterocycles. The molecule has 0 aliphatic carbocycles. The van der Waals surface area contributed by atoms with E-state index in [0.717, 1.165) is 11.4 Å². The van der Waals surface area contributed by atoms with Crippen LogP contribution in [0.25, 0.3) is 0 Å². The molecule has 1 N–H and O–H groups in total. The predicted molar refractivity (Wildman–Crippen MR) is 95.5 cm³/mol. The molecule has 1 aromatic carbocycles. The SMILES string of the molecule is CN(Cc1ccco1)C(=O)CSc1nnc(Nc2ccc(F)cc2)s1. The van der Waals surface area contributed by atoms with Crippen molar-refractivity contribution in [2.24, 2.45) is 0 Å². The van der Waals surface area contributed by atoms with Crippen molar-refractivity contribution in [3.8, 4) is 0 Å². The van der Waals surface area contributed by atoms with Crippen LogP contribution >= 0.6 is 23.1 Å². The van der Waals surface area contributed by atoms with Gasteiger partial charge in [-0.15, -0.1) is 10.2 Å². The molecule has 0 unspecified atom stereocenters. The van der Waals surface area contributed by atoms with Gasteiger partial charge in [-0.2, -0.15) is 0 Å². The number of amides is 1. The normalized spacial score (nSPS) is 10.6. The average Bonchev–Trinajstić information content (AvgIpc) is 3.26.